The Labute approximate surface area is 100 Å². The van der Waals surface area contributed by atoms with E-state index < -0.39 is 36.2 Å². The maximum absolute atomic E-state index is 11.0. The predicted octanol–water partition coefficient (Wildman–Crippen LogP) is -0.189. The quantitative estimate of drug-likeness (QED) is 0.626. The van der Waals surface area contributed by atoms with Gasteiger partial charge in [-0.25, -0.2) is 4.79 Å². The molecule has 0 amide bonds. The number of aliphatic hydroxyl groups is 2. The van der Waals surface area contributed by atoms with Crippen LogP contribution in [0.5, 0.6) is 0 Å². The Morgan fingerprint density at radius 1 is 1.29 bits per heavy atom. The number of cyclic esters (lactones) is 1. The van der Waals surface area contributed by atoms with Gasteiger partial charge < -0.3 is 24.4 Å². The molecule has 4 unspecified atom stereocenters. The molecule has 2 N–H and O–H groups in total. The summed E-state index contributed by atoms with van der Waals surface area (Å²) in [6.07, 6.45) is -4.12. The molecule has 0 radical (unpaired) electrons. The lowest BCUT2D eigenvalue weighted by molar-refractivity contribution is -0.166. The van der Waals surface area contributed by atoms with E-state index >= 15 is 0 Å². The fourth-order valence-electron chi connectivity index (χ4n) is 1.77. The third-order valence-electron chi connectivity index (χ3n) is 2.55. The van der Waals surface area contributed by atoms with Crippen LogP contribution in [0, 0.1) is 0 Å². The highest BCUT2D eigenvalue weighted by molar-refractivity contribution is 5.77. The summed E-state index contributed by atoms with van der Waals surface area (Å²) in [5.41, 5.74) is 0. The Kier molecular flexibility index (Phi) is 4.48. The van der Waals surface area contributed by atoms with Crippen LogP contribution < -0.4 is 0 Å². The van der Waals surface area contributed by atoms with Crippen molar-refractivity contribution >= 4 is 5.97 Å². The number of esters is 1. The molecular weight excluding hydrogens is 228 g/mol. The molecule has 2 heterocycles. The van der Waals surface area contributed by atoms with Crippen LogP contribution in [-0.2, 0) is 19.0 Å². The molecule has 0 saturated carbocycles. The molecule has 0 aliphatic carbocycles. The SMILES string of the molecule is CC.CC1(C)OCC(C2OC(=O)C(O)C2O)O1. The molecule has 2 saturated heterocycles. The van der Waals surface area contributed by atoms with Crippen LogP contribution in [0.25, 0.3) is 0 Å². The van der Waals surface area contributed by atoms with Gasteiger partial charge in [0.15, 0.2) is 18.0 Å². The third kappa shape index (κ3) is 2.95. The lowest BCUT2D eigenvalue weighted by Crippen LogP contribution is -2.40. The topological polar surface area (TPSA) is 85.2 Å². The van der Waals surface area contributed by atoms with Crippen LogP contribution in [0.2, 0.25) is 0 Å². The van der Waals surface area contributed by atoms with Gasteiger partial charge in [-0.2, -0.15) is 0 Å². The van der Waals surface area contributed by atoms with Gasteiger partial charge in [0.1, 0.15) is 12.2 Å². The fourth-order valence-corrected chi connectivity index (χ4v) is 1.77. The Hall–Kier alpha value is -0.690. The first-order valence-corrected chi connectivity index (χ1v) is 5.79. The Balaban J connectivity index is 0.000000686. The van der Waals surface area contributed by atoms with Crippen LogP contribution >= 0.6 is 0 Å². The number of aliphatic hydroxyl groups excluding tert-OH is 2. The van der Waals surface area contributed by atoms with Crippen molar-refractivity contribution in [2.45, 2.75) is 57.9 Å². The summed E-state index contributed by atoms with van der Waals surface area (Å²) in [6.45, 7) is 7.69. The summed E-state index contributed by atoms with van der Waals surface area (Å²) in [5.74, 6) is -1.56. The second-order valence-corrected chi connectivity index (χ2v) is 4.20. The molecule has 2 fully saturated rings. The second-order valence-electron chi connectivity index (χ2n) is 4.20. The van der Waals surface area contributed by atoms with Crippen molar-refractivity contribution in [1.29, 1.82) is 0 Å². The zero-order chi connectivity index (χ0) is 13.2. The lowest BCUT2D eigenvalue weighted by Gasteiger charge is -2.21. The van der Waals surface area contributed by atoms with Gasteiger partial charge in [-0.1, -0.05) is 13.8 Å². The first-order valence-electron chi connectivity index (χ1n) is 5.79. The maximum atomic E-state index is 11.0. The first kappa shape index (κ1) is 14.4. The van der Waals surface area contributed by atoms with Crippen LogP contribution in [-0.4, -0.2) is 53.0 Å². The molecular formula is C11H20O6. The van der Waals surface area contributed by atoms with E-state index in [1.54, 1.807) is 13.8 Å². The molecule has 0 aromatic heterocycles. The van der Waals surface area contributed by atoms with E-state index in [4.69, 9.17) is 14.2 Å². The van der Waals surface area contributed by atoms with Crippen molar-refractivity contribution in [2.75, 3.05) is 6.61 Å². The van der Waals surface area contributed by atoms with E-state index in [9.17, 15) is 15.0 Å². The van der Waals surface area contributed by atoms with E-state index in [0.717, 1.165) is 0 Å². The van der Waals surface area contributed by atoms with E-state index in [-0.39, 0.29) is 6.61 Å². The van der Waals surface area contributed by atoms with Gasteiger partial charge in [-0.3, -0.25) is 0 Å². The third-order valence-corrected chi connectivity index (χ3v) is 2.55. The minimum absolute atomic E-state index is 0.231. The molecule has 6 nitrogen and oxygen atoms in total. The molecule has 0 bridgehead atoms. The summed E-state index contributed by atoms with van der Waals surface area (Å²) in [7, 11) is 0. The van der Waals surface area contributed by atoms with Crippen LogP contribution in [0.3, 0.4) is 0 Å². The lowest BCUT2D eigenvalue weighted by atomic mass is 10.1. The molecule has 0 aromatic rings. The van der Waals surface area contributed by atoms with Gasteiger partial charge in [0, 0.05) is 0 Å². The zero-order valence-electron chi connectivity index (χ0n) is 10.5. The van der Waals surface area contributed by atoms with Crippen LogP contribution in [0.15, 0.2) is 0 Å². The highest BCUT2D eigenvalue weighted by atomic mass is 16.8. The molecule has 100 valence electrons. The Morgan fingerprint density at radius 3 is 2.24 bits per heavy atom. The van der Waals surface area contributed by atoms with E-state index in [1.165, 1.54) is 0 Å². The Bertz CT molecular complexity index is 277. The molecule has 4 atom stereocenters. The molecule has 2 aliphatic rings. The molecule has 0 spiro atoms. The van der Waals surface area contributed by atoms with Crippen molar-refractivity contribution in [1.82, 2.24) is 0 Å². The predicted molar refractivity (Wildman–Crippen MR) is 58.1 cm³/mol. The first-order chi connectivity index (χ1) is 7.91. The van der Waals surface area contributed by atoms with E-state index in [1.807, 2.05) is 13.8 Å². The van der Waals surface area contributed by atoms with Crippen molar-refractivity contribution < 1.29 is 29.2 Å². The van der Waals surface area contributed by atoms with E-state index in [0.29, 0.717) is 0 Å². The smallest absolute Gasteiger partial charge is 0.338 e. The number of rotatable bonds is 1. The largest absolute Gasteiger partial charge is 0.455 e. The Morgan fingerprint density at radius 2 is 1.88 bits per heavy atom. The van der Waals surface area contributed by atoms with Crippen molar-refractivity contribution in [2.24, 2.45) is 0 Å². The summed E-state index contributed by atoms with van der Waals surface area (Å²) in [5, 5.41) is 18.7. The molecule has 17 heavy (non-hydrogen) atoms. The van der Waals surface area contributed by atoms with Crippen LogP contribution in [0.4, 0.5) is 0 Å². The van der Waals surface area contributed by atoms with Gasteiger partial charge in [0.05, 0.1) is 6.61 Å². The van der Waals surface area contributed by atoms with Crippen molar-refractivity contribution in [3.63, 3.8) is 0 Å². The molecule has 2 rings (SSSR count). The molecule has 2 aliphatic heterocycles. The summed E-state index contributed by atoms with van der Waals surface area (Å²) in [4.78, 5) is 11.0. The van der Waals surface area contributed by atoms with Gasteiger partial charge >= 0.3 is 5.97 Å². The maximum Gasteiger partial charge on any atom is 0.338 e. The summed E-state index contributed by atoms with van der Waals surface area (Å²) < 4.78 is 15.5. The highest BCUT2D eigenvalue weighted by Gasteiger charge is 2.50. The molecule has 6 heteroatoms. The normalized spacial score (nSPS) is 39.5. The second kappa shape index (κ2) is 5.30. The number of hydrogen-bond donors (Lipinski definition) is 2. The zero-order valence-corrected chi connectivity index (χ0v) is 10.5. The minimum Gasteiger partial charge on any atom is -0.455 e. The van der Waals surface area contributed by atoms with Gasteiger partial charge in [0.25, 0.3) is 0 Å². The number of carbonyl (C=O) groups is 1. The van der Waals surface area contributed by atoms with Gasteiger partial charge in [0.2, 0.25) is 0 Å². The monoisotopic (exact) mass is 248 g/mol. The number of hydrogen-bond acceptors (Lipinski definition) is 6. The summed E-state index contributed by atoms with van der Waals surface area (Å²) in [6, 6.07) is 0. The minimum atomic E-state index is -1.48. The summed E-state index contributed by atoms with van der Waals surface area (Å²) >= 11 is 0. The van der Waals surface area contributed by atoms with Crippen molar-refractivity contribution in [3.05, 3.63) is 0 Å². The molecule has 0 aromatic carbocycles. The number of ether oxygens (including phenoxy) is 3. The van der Waals surface area contributed by atoms with Gasteiger partial charge in [-0.15, -0.1) is 0 Å². The standard InChI is InChI=1S/C9H14O6.C2H6/c1-9(2)13-3-4(15-9)7-5(10)6(11)8(12)14-7;1-2/h4-7,10-11H,3H2,1-2H3;1-2H3. The van der Waals surface area contributed by atoms with E-state index in [2.05, 4.69) is 0 Å². The fraction of sp³-hybridized carbons (Fsp3) is 0.909. The van der Waals surface area contributed by atoms with Crippen LogP contribution in [0.1, 0.15) is 27.7 Å². The van der Waals surface area contributed by atoms with Gasteiger partial charge in [-0.05, 0) is 13.8 Å². The average molecular weight is 248 g/mol. The number of carbonyl (C=O) groups excluding carboxylic acids is 1. The average Bonchev–Trinajstić information content (AvgIpc) is 2.77. The van der Waals surface area contributed by atoms with Crippen molar-refractivity contribution in [3.8, 4) is 0 Å². The highest BCUT2D eigenvalue weighted by Crippen LogP contribution is 2.30.